The van der Waals surface area contributed by atoms with Crippen molar-refractivity contribution in [2.45, 2.75) is 256 Å². The molecule has 7 atom stereocenters. The molecule has 1 aliphatic heterocycles. The zero-order valence-corrected chi connectivity index (χ0v) is 40.8. The highest BCUT2D eigenvalue weighted by Gasteiger charge is 2.44. The molecule has 0 aromatic heterocycles. The smallest absolute Gasteiger partial charge is 0.220 e. The van der Waals surface area contributed by atoms with E-state index in [0.717, 1.165) is 64.2 Å². The van der Waals surface area contributed by atoms with Gasteiger partial charge in [-0.15, -0.1) is 0 Å². The number of carbonyl (C=O) groups excluding carboxylic acids is 1. The van der Waals surface area contributed by atoms with Crippen LogP contribution in [0.25, 0.3) is 0 Å². The van der Waals surface area contributed by atoms with Gasteiger partial charge in [-0.1, -0.05) is 209 Å². The number of unbranched alkanes of at least 4 members (excludes halogenated alkanes) is 23. The number of aliphatic hydroxyl groups is 5. The van der Waals surface area contributed by atoms with E-state index in [9.17, 15) is 30.3 Å². The third-order valence-corrected chi connectivity index (χ3v) is 12.0. The standard InChI is InChI=1S/C55H97NO8/c1-3-5-7-9-11-13-15-16-17-18-19-20-21-22-23-24-25-26-27-28-29-30-31-32-33-34-35-37-39-41-43-45-51(59)56-48(47-63-55-54(62)53(61)52(60)50(46-57)64-55)49(58)44-42-40-38-36-14-12-10-8-6-4-2/h5,7,11,13-14,16-17,19-20,36,42,44,48-50,52-55,57-58,60-62H,3-4,6,8-10,12,15,18,21-35,37-41,43,45-47H2,1-2H3,(H,56,59)/b7-5-,13-11-,17-16-,20-19-,36-14+,44-42+. The summed E-state index contributed by atoms with van der Waals surface area (Å²) >= 11 is 0. The molecule has 6 N–H and O–H groups in total. The second-order valence-corrected chi connectivity index (χ2v) is 17.9. The average molecular weight is 900 g/mol. The van der Waals surface area contributed by atoms with Gasteiger partial charge in [-0.05, 0) is 70.6 Å². The van der Waals surface area contributed by atoms with Gasteiger partial charge < -0.3 is 40.3 Å². The number of rotatable bonds is 43. The van der Waals surface area contributed by atoms with Crippen LogP contribution in [0.4, 0.5) is 0 Å². The van der Waals surface area contributed by atoms with Crippen LogP contribution in [0, 0.1) is 0 Å². The number of amides is 1. The van der Waals surface area contributed by atoms with E-state index in [2.05, 4.69) is 79.9 Å². The summed E-state index contributed by atoms with van der Waals surface area (Å²) in [6.07, 6.45) is 54.1. The Morgan fingerprint density at radius 2 is 0.984 bits per heavy atom. The topological polar surface area (TPSA) is 149 Å². The Morgan fingerprint density at radius 3 is 1.50 bits per heavy atom. The summed E-state index contributed by atoms with van der Waals surface area (Å²) in [6.45, 7) is 3.60. The Labute approximate surface area is 391 Å². The Bertz CT molecular complexity index is 1230. The van der Waals surface area contributed by atoms with Gasteiger partial charge in [0.05, 0.1) is 25.4 Å². The molecule has 0 saturated carbocycles. The molecule has 0 radical (unpaired) electrons. The molecule has 1 saturated heterocycles. The highest BCUT2D eigenvalue weighted by atomic mass is 16.7. The van der Waals surface area contributed by atoms with Crippen molar-refractivity contribution in [2.24, 2.45) is 0 Å². The third kappa shape index (κ3) is 34.0. The highest BCUT2D eigenvalue weighted by molar-refractivity contribution is 5.76. The first kappa shape index (κ1) is 59.6. The van der Waals surface area contributed by atoms with Crippen LogP contribution in [0.2, 0.25) is 0 Å². The monoisotopic (exact) mass is 900 g/mol. The Kier molecular flexibility index (Phi) is 41.4. The summed E-state index contributed by atoms with van der Waals surface area (Å²) in [5.41, 5.74) is 0. The number of hydrogen-bond donors (Lipinski definition) is 6. The van der Waals surface area contributed by atoms with E-state index in [1.54, 1.807) is 6.08 Å². The molecule has 0 aliphatic carbocycles. The van der Waals surface area contributed by atoms with Gasteiger partial charge in [0.15, 0.2) is 6.29 Å². The van der Waals surface area contributed by atoms with E-state index in [4.69, 9.17) is 9.47 Å². The summed E-state index contributed by atoms with van der Waals surface area (Å²) in [5, 5.41) is 54.1. The molecule has 1 amide bonds. The van der Waals surface area contributed by atoms with Gasteiger partial charge in [0.25, 0.3) is 0 Å². The van der Waals surface area contributed by atoms with Gasteiger partial charge in [0, 0.05) is 6.42 Å². The Morgan fingerprint density at radius 1 is 0.547 bits per heavy atom. The summed E-state index contributed by atoms with van der Waals surface area (Å²) in [7, 11) is 0. The fourth-order valence-corrected chi connectivity index (χ4v) is 7.87. The van der Waals surface area contributed by atoms with E-state index in [1.807, 2.05) is 6.08 Å². The zero-order valence-electron chi connectivity index (χ0n) is 40.8. The minimum atomic E-state index is -1.57. The molecular formula is C55H97NO8. The highest BCUT2D eigenvalue weighted by Crippen LogP contribution is 2.23. The quantitative estimate of drug-likeness (QED) is 0.0262. The van der Waals surface area contributed by atoms with E-state index in [-0.39, 0.29) is 12.5 Å². The lowest BCUT2D eigenvalue weighted by molar-refractivity contribution is -0.302. The summed E-state index contributed by atoms with van der Waals surface area (Å²) in [5.74, 6) is -0.190. The van der Waals surface area contributed by atoms with Crippen LogP contribution >= 0.6 is 0 Å². The van der Waals surface area contributed by atoms with Crippen molar-refractivity contribution < 1.29 is 39.8 Å². The molecule has 1 heterocycles. The lowest BCUT2D eigenvalue weighted by Crippen LogP contribution is -2.60. The van der Waals surface area contributed by atoms with Gasteiger partial charge in [0.1, 0.15) is 24.4 Å². The molecule has 1 aliphatic rings. The van der Waals surface area contributed by atoms with Crippen molar-refractivity contribution in [1.29, 1.82) is 0 Å². The maximum Gasteiger partial charge on any atom is 0.220 e. The van der Waals surface area contributed by atoms with Crippen LogP contribution in [-0.4, -0.2) is 87.5 Å². The number of carbonyl (C=O) groups is 1. The fourth-order valence-electron chi connectivity index (χ4n) is 7.87. The first-order valence-electron chi connectivity index (χ1n) is 26.2. The second-order valence-electron chi connectivity index (χ2n) is 17.9. The lowest BCUT2D eigenvalue weighted by Gasteiger charge is -2.40. The predicted octanol–water partition coefficient (Wildman–Crippen LogP) is 12.1. The molecular weight excluding hydrogens is 803 g/mol. The molecule has 9 nitrogen and oxygen atoms in total. The molecule has 370 valence electrons. The van der Waals surface area contributed by atoms with Crippen LogP contribution < -0.4 is 5.32 Å². The van der Waals surface area contributed by atoms with Crippen LogP contribution in [-0.2, 0) is 14.3 Å². The van der Waals surface area contributed by atoms with Crippen molar-refractivity contribution in [3.05, 3.63) is 72.9 Å². The van der Waals surface area contributed by atoms with Crippen molar-refractivity contribution in [1.82, 2.24) is 5.32 Å². The number of allylic oxidation sites excluding steroid dienone is 11. The molecule has 0 bridgehead atoms. The Balaban J connectivity index is 2.13. The van der Waals surface area contributed by atoms with Gasteiger partial charge in [0.2, 0.25) is 5.91 Å². The number of aliphatic hydroxyl groups excluding tert-OH is 5. The van der Waals surface area contributed by atoms with Crippen LogP contribution in [0.3, 0.4) is 0 Å². The van der Waals surface area contributed by atoms with Gasteiger partial charge in [-0.25, -0.2) is 0 Å². The van der Waals surface area contributed by atoms with E-state index in [1.165, 1.54) is 128 Å². The van der Waals surface area contributed by atoms with Crippen molar-refractivity contribution in [3.8, 4) is 0 Å². The number of hydrogen-bond acceptors (Lipinski definition) is 8. The van der Waals surface area contributed by atoms with Crippen LogP contribution in [0.5, 0.6) is 0 Å². The SMILES string of the molecule is CC/C=C\C/C=C\C/C=C\C/C=C\CCCCCCCCCCCCCCCCCCCCC(=O)NC(COC1OC(CO)C(O)C(O)C1O)C(O)/C=C/CC/C=C/CCCCCC. The average Bonchev–Trinajstić information content (AvgIpc) is 3.29. The lowest BCUT2D eigenvalue weighted by atomic mass is 9.99. The number of nitrogens with one attached hydrogen (secondary N) is 1. The largest absolute Gasteiger partial charge is 0.394 e. The molecule has 1 fully saturated rings. The maximum absolute atomic E-state index is 13.0. The first-order valence-corrected chi connectivity index (χ1v) is 26.2. The molecule has 7 unspecified atom stereocenters. The maximum atomic E-state index is 13.0. The van der Waals surface area contributed by atoms with Gasteiger partial charge in [-0.3, -0.25) is 4.79 Å². The van der Waals surface area contributed by atoms with E-state index in [0.29, 0.717) is 6.42 Å². The number of ether oxygens (including phenoxy) is 2. The second kappa shape index (κ2) is 44.5. The van der Waals surface area contributed by atoms with Crippen LogP contribution in [0.1, 0.15) is 213 Å². The van der Waals surface area contributed by atoms with Gasteiger partial charge in [-0.2, -0.15) is 0 Å². The van der Waals surface area contributed by atoms with Crippen molar-refractivity contribution in [2.75, 3.05) is 13.2 Å². The fraction of sp³-hybridized carbons (Fsp3) is 0.764. The first-order chi connectivity index (χ1) is 31.3. The van der Waals surface area contributed by atoms with Gasteiger partial charge >= 0.3 is 0 Å². The minimum absolute atomic E-state index is 0.190. The normalized spacial score (nSPS) is 20.6. The van der Waals surface area contributed by atoms with Crippen molar-refractivity contribution >= 4 is 5.91 Å². The van der Waals surface area contributed by atoms with Crippen LogP contribution in [0.15, 0.2) is 72.9 Å². The van der Waals surface area contributed by atoms with E-state index >= 15 is 0 Å². The predicted molar refractivity (Wildman–Crippen MR) is 267 cm³/mol. The summed E-state index contributed by atoms with van der Waals surface area (Å²) in [4.78, 5) is 13.0. The molecule has 9 heteroatoms. The molecule has 0 aromatic carbocycles. The molecule has 0 aromatic rings. The molecule has 0 spiro atoms. The summed E-state index contributed by atoms with van der Waals surface area (Å²) < 4.78 is 11.2. The van der Waals surface area contributed by atoms with E-state index < -0.39 is 49.5 Å². The molecule has 64 heavy (non-hydrogen) atoms. The Hall–Kier alpha value is -2.37. The minimum Gasteiger partial charge on any atom is -0.394 e. The molecule has 1 rings (SSSR count). The zero-order chi connectivity index (χ0) is 46.6. The van der Waals surface area contributed by atoms with Crippen molar-refractivity contribution in [3.63, 3.8) is 0 Å². The third-order valence-electron chi connectivity index (χ3n) is 12.0. The summed E-state index contributed by atoms with van der Waals surface area (Å²) in [6, 6.07) is -0.821.